The van der Waals surface area contributed by atoms with Crippen molar-refractivity contribution >= 4 is 33.2 Å². The monoisotopic (exact) mass is 668 g/mol. The Balaban J connectivity index is 0.805. The lowest BCUT2D eigenvalue weighted by atomic mass is 9.91. The van der Waals surface area contributed by atoms with Crippen LogP contribution in [-0.4, -0.2) is 20.6 Å². The van der Waals surface area contributed by atoms with Crippen molar-refractivity contribution < 1.29 is 0 Å². The van der Waals surface area contributed by atoms with Crippen LogP contribution in [0.4, 0.5) is 11.4 Å². The molecule has 3 aromatic heterocycles. The fourth-order valence-corrected chi connectivity index (χ4v) is 8.22. The van der Waals surface area contributed by atoms with Crippen LogP contribution in [0.3, 0.4) is 0 Å². The van der Waals surface area contributed by atoms with Gasteiger partial charge in [-0.05, 0) is 94.3 Å². The minimum atomic E-state index is 0.330. The zero-order valence-electron chi connectivity index (χ0n) is 28.7. The molecule has 52 heavy (non-hydrogen) atoms. The number of allylic oxidation sites excluding steroid dienone is 2. The van der Waals surface area contributed by atoms with Crippen LogP contribution >= 0.6 is 0 Å². The number of hydrogen-bond acceptors (Lipinski definition) is 3. The van der Waals surface area contributed by atoms with E-state index in [9.17, 15) is 0 Å². The average Bonchev–Trinajstić information content (AvgIpc) is 3.73. The van der Waals surface area contributed by atoms with E-state index in [1.807, 2.05) is 24.8 Å². The number of para-hydroxylation sites is 1. The first-order valence-corrected chi connectivity index (χ1v) is 18.0. The van der Waals surface area contributed by atoms with Gasteiger partial charge in [0.2, 0.25) is 0 Å². The molecule has 0 N–H and O–H groups in total. The Bertz CT molecular complexity index is 2560. The second-order valence-corrected chi connectivity index (χ2v) is 13.9. The summed E-state index contributed by atoms with van der Waals surface area (Å²) in [6, 6.07) is 49.4. The van der Waals surface area contributed by atoms with Gasteiger partial charge in [0.25, 0.3) is 0 Å². The van der Waals surface area contributed by atoms with Gasteiger partial charge in [0.1, 0.15) is 0 Å². The molecule has 5 aromatic carbocycles. The van der Waals surface area contributed by atoms with E-state index in [4.69, 9.17) is 0 Å². The van der Waals surface area contributed by atoms with Crippen molar-refractivity contribution in [2.75, 3.05) is 4.90 Å². The zero-order valence-corrected chi connectivity index (χ0v) is 28.7. The molecule has 0 saturated heterocycles. The molecule has 2 unspecified atom stereocenters. The fourth-order valence-electron chi connectivity index (χ4n) is 8.22. The fraction of sp³-hybridized carbons (Fsp3) is 0.0833. The van der Waals surface area contributed by atoms with E-state index < -0.39 is 0 Å². The van der Waals surface area contributed by atoms with Crippen LogP contribution in [0.15, 0.2) is 183 Å². The van der Waals surface area contributed by atoms with Crippen molar-refractivity contribution in [1.82, 2.24) is 14.5 Å². The molecule has 4 heteroatoms. The summed E-state index contributed by atoms with van der Waals surface area (Å²) in [5.74, 6) is 0.406. The number of aromatic nitrogens is 3. The molecule has 0 bridgehead atoms. The summed E-state index contributed by atoms with van der Waals surface area (Å²) >= 11 is 0. The third kappa shape index (κ3) is 5.32. The second-order valence-electron chi connectivity index (χ2n) is 13.9. The van der Waals surface area contributed by atoms with Gasteiger partial charge >= 0.3 is 0 Å². The molecule has 10 rings (SSSR count). The van der Waals surface area contributed by atoms with Crippen molar-refractivity contribution in [2.24, 2.45) is 0 Å². The van der Waals surface area contributed by atoms with Gasteiger partial charge in [-0.2, -0.15) is 0 Å². The van der Waals surface area contributed by atoms with E-state index in [-0.39, 0.29) is 0 Å². The molecule has 2 aliphatic rings. The molecule has 4 heterocycles. The highest BCUT2D eigenvalue weighted by atomic mass is 15.2. The summed E-state index contributed by atoms with van der Waals surface area (Å²) in [4.78, 5) is 11.2. The Morgan fingerprint density at radius 1 is 0.481 bits per heavy atom. The molecule has 0 fully saturated rings. The molecule has 8 aromatic rings. The maximum Gasteiger partial charge on any atom is 0.0629 e. The SMILES string of the molecule is C1=CC2c3ccccc3N(c3ccc(Cc4ccc(-c5ccc(Cc6ccc(-n7c8ccncc8c8cnccc87)cc6)cc5)cc4)cc3)C2C=C1. The van der Waals surface area contributed by atoms with Crippen LogP contribution in [0, 0.1) is 0 Å². The maximum absolute atomic E-state index is 4.36. The molecule has 4 nitrogen and oxygen atoms in total. The minimum absolute atomic E-state index is 0.330. The third-order valence-electron chi connectivity index (χ3n) is 10.8. The normalized spacial score (nSPS) is 16.0. The Kier molecular flexibility index (Phi) is 7.38. The topological polar surface area (TPSA) is 34.0 Å². The van der Waals surface area contributed by atoms with Gasteiger partial charge in [0.05, 0.1) is 17.1 Å². The molecule has 0 spiro atoms. The lowest BCUT2D eigenvalue weighted by molar-refractivity contribution is 0.744. The predicted octanol–water partition coefficient (Wildman–Crippen LogP) is 11.2. The van der Waals surface area contributed by atoms with Crippen LogP contribution in [0.25, 0.3) is 38.6 Å². The molecule has 1 aliphatic heterocycles. The maximum atomic E-state index is 4.36. The highest BCUT2D eigenvalue weighted by Crippen LogP contribution is 2.47. The first-order chi connectivity index (χ1) is 25.8. The average molecular weight is 669 g/mol. The highest BCUT2D eigenvalue weighted by molar-refractivity contribution is 6.08. The van der Waals surface area contributed by atoms with Crippen LogP contribution in [0.2, 0.25) is 0 Å². The Labute approximate surface area is 303 Å². The number of nitrogens with zero attached hydrogens (tertiary/aromatic N) is 4. The molecule has 1 aliphatic carbocycles. The summed E-state index contributed by atoms with van der Waals surface area (Å²) in [5.41, 5.74) is 15.1. The summed E-state index contributed by atoms with van der Waals surface area (Å²) in [6.07, 6.45) is 18.4. The predicted molar refractivity (Wildman–Crippen MR) is 214 cm³/mol. The lowest BCUT2D eigenvalue weighted by Crippen LogP contribution is -2.28. The summed E-state index contributed by atoms with van der Waals surface area (Å²) in [6.45, 7) is 0. The quantitative estimate of drug-likeness (QED) is 0.169. The summed E-state index contributed by atoms with van der Waals surface area (Å²) in [5, 5.41) is 2.24. The number of anilines is 2. The van der Waals surface area contributed by atoms with E-state index >= 15 is 0 Å². The summed E-state index contributed by atoms with van der Waals surface area (Å²) < 4.78 is 2.29. The third-order valence-corrected chi connectivity index (χ3v) is 10.8. The highest BCUT2D eigenvalue weighted by Gasteiger charge is 2.36. The standard InChI is InChI=1S/C48H36N4/c1-3-7-45-41(5-1)42-6-2-4-8-46(42)51(45)39-21-13-35(14-22-39)29-33-9-17-37(18-10-33)38-19-11-34(12-20-38)30-36-15-23-40(24-16-36)52-47-25-27-49-31-43(47)44-32-50-28-26-48(44)52/h1-28,31-32,41,45H,29-30H2. The van der Waals surface area contributed by atoms with Gasteiger partial charge in [-0.1, -0.05) is 115 Å². The largest absolute Gasteiger partial charge is 0.333 e. The van der Waals surface area contributed by atoms with Crippen molar-refractivity contribution in [1.29, 1.82) is 0 Å². The van der Waals surface area contributed by atoms with E-state index in [0.29, 0.717) is 12.0 Å². The van der Waals surface area contributed by atoms with E-state index in [1.54, 1.807) is 0 Å². The number of hydrogen-bond donors (Lipinski definition) is 0. The Morgan fingerprint density at radius 2 is 0.981 bits per heavy atom. The van der Waals surface area contributed by atoms with Crippen LogP contribution in [0.1, 0.15) is 33.7 Å². The van der Waals surface area contributed by atoms with E-state index in [2.05, 4.69) is 177 Å². The number of fused-ring (bicyclic) bond motifs is 6. The number of pyridine rings is 2. The van der Waals surface area contributed by atoms with E-state index in [1.165, 1.54) is 50.3 Å². The first kappa shape index (κ1) is 30.3. The van der Waals surface area contributed by atoms with Gasteiger partial charge in [-0.25, -0.2) is 0 Å². The molecule has 2 atom stereocenters. The van der Waals surface area contributed by atoms with Crippen LogP contribution in [0.5, 0.6) is 0 Å². The summed E-state index contributed by atoms with van der Waals surface area (Å²) in [7, 11) is 0. The van der Waals surface area contributed by atoms with Gasteiger partial charge < -0.3 is 9.47 Å². The minimum Gasteiger partial charge on any atom is -0.333 e. The zero-order chi connectivity index (χ0) is 34.4. The molecule has 0 saturated carbocycles. The van der Waals surface area contributed by atoms with Crippen molar-refractivity contribution in [3.8, 4) is 16.8 Å². The first-order valence-electron chi connectivity index (χ1n) is 18.0. The van der Waals surface area contributed by atoms with Gasteiger partial charge in [-0.3, -0.25) is 9.97 Å². The molecule has 248 valence electrons. The number of benzene rings is 5. The van der Waals surface area contributed by atoms with E-state index in [0.717, 1.165) is 40.3 Å². The number of rotatable bonds is 7. The Morgan fingerprint density at radius 3 is 1.56 bits per heavy atom. The van der Waals surface area contributed by atoms with Crippen LogP contribution in [-0.2, 0) is 12.8 Å². The smallest absolute Gasteiger partial charge is 0.0629 e. The van der Waals surface area contributed by atoms with Crippen molar-refractivity contribution in [2.45, 2.75) is 24.8 Å². The molecular formula is C48H36N4. The van der Waals surface area contributed by atoms with Crippen molar-refractivity contribution in [3.05, 3.63) is 210 Å². The van der Waals surface area contributed by atoms with Crippen LogP contribution < -0.4 is 4.90 Å². The van der Waals surface area contributed by atoms with Gasteiger partial charge in [0.15, 0.2) is 0 Å². The van der Waals surface area contributed by atoms with Crippen molar-refractivity contribution in [3.63, 3.8) is 0 Å². The molecule has 0 radical (unpaired) electrons. The molecule has 0 amide bonds. The van der Waals surface area contributed by atoms with Gasteiger partial charge in [-0.15, -0.1) is 0 Å². The Hall–Kier alpha value is -6.52. The van der Waals surface area contributed by atoms with Gasteiger partial charge in [0, 0.05) is 58.5 Å². The second kappa shape index (κ2) is 12.7. The lowest BCUT2D eigenvalue weighted by Gasteiger charge is -2.28. The molecular weight excluding hydrogens is 633 g/mol.